The van der Waals surface area contributed by atoms with Crippen LogP contribution in [0.2, 0.25) is 19.6 Å². The second-order valence-electron chi connectivity index (χ2n) is 6.32. The summed E-state index contributed by atoms with van der Waals surface area (Å²) in [5, 5.41) is 9.94. The molecule has 0 unspecified atom stereocenters. The Bertz CT molecular complexity index is 263. The Morgan fingerprint density at radius 1 is 1.38 bits per heavy atom. The van der Waals surface area contributed by atoms with Crippen LogP contribution in [0.5, 0.6) is 0 Å². The summed E-state index contributed by atoms with van der Waals surface area (Å²) >= 11 is 0. The lowest BCUT2D eigenvalue weighted by Crippen LogP contribution is -2.43. The molecule has 0 aliphatic carbocycles. The lowest BCUT2D eigenvalue weighted by molar-refractivity contribution is -0.0791. The average Bonchev–Trinajstić information content (AvgIpc) is 2.82. The summed E-state index contributed by atoms with van der Waals surface area (Å²) in [6, 6.07) is 0. The number of hydrogen-bond donors (Lipinski definition) is 1. The minimum atomic E-state index is -1.28. The van der Waals surface area contributed by atoms with Gasteiger partial charge in [-0.2, -0.15) is 0 Å². The first-order valence-corrected chi connectivity index (χ1v) is 9.82. The van der Waals surface area contributed by atoms with E-state index in [4.69, 9.17) is 9.47 Å². The monoisotopic (exact) mass is 244 g/mol. The molecule has 1 N–H and O–H groups in total. The Kier molecular flexibility index (Phi) is 3.21. The molecule has 2 rings (SSSR count). The van der Waals surface area contributed by atoms with Crippen molar-refractivity contribution in [1.82, 2.24) is 0 Å². The van der Waals surface area contributed by atoms with Crippen LogP contribution in [-0.2, 0) is 9.47 Å². The van der Waals surface area contributed by atoms with Crippen LogP contribution in [0.1, 0.15) is 26.2 Å². The highest BCUT2D eigenvalue weighted by Crippen LogP contribution is 2.47. The SMILES string of the molecule is C[C@@]1([Si](C)(C)C)O[C@@H]1C[C@@H]1OCCC[C@H]1O. The van der Waals surface area contributed by atoms with Crippen LogP contribution in [0.25, 0.3) is 0 Å². The summed E-state index contributed by atoms with van der Waals surface area (Å²) < 4.78 is 11.5. The Hall–Kier alpha value is 0.0969. The van der Waals surface area contributed by atoms with Crippen LogP contribution >= 0.6 is 0 Å². The van der Waals surface area contributed by atoms with Crippen molar-refractivity contribution in [3.8, 4) is 0 Å². The summed E-state index contributed by atoms with van der Waals surface area (Å²) in [6.45, 7) is 10.0. The highest BCUT2D eigenvalue weighted by Gasteiger charge is 2.60. The van der Waals surface area contributed by atoms with Crippen LogP contribution in [-0.4, -0.2) is 43.3 Å². The van der Waals surface area contributed by atoms with E-state index in [1.54, 1.807) is 0 Å². The van der Waals surface area contributed by atoms with E-state index in [1.807, 2.05) is 0 Å². The van der Waals surface area contributed by atoms with E-state index < -0.39 is 8.07 Å². The normalized spacial score (nSPS) is 44.4. The second kappa shape index (κ2) is 4.09. The van der Waals surface area contributed by atoms with E-state index >= 15 is 0 Å². The Balaban J connectivity index is 1.88. The lowest BCUT2D eigenvalue weighted by Gasteiger charge is -2.28. The molecular weight excluding hydrogens is 220 g/mol. The van der Waals surface area contributed by atoms with Gasteiger partial charge in [0.25, 0.3) is 0 Å². The summed E-state index contributed by atoms with van der Waals surface area (Å²) in [4.78, 5) is 0. The van der Waals surface area contributed by atoms with E-state index in [2.05, 4.69) is 26.6 Å². The van der Waals surface area contributed by atoms with E-state index in [1.165, 1.54) is 0 Å². The van der Waals surface area contributed by atoms with Crippen molar-refractivity contribution in [1.29, 1.82) is 0 Å². The quantitative estimate of drug-likeness (QED) is 0.609. The molecule has 0 spiro atoms. The third-order valence-electron chi connectivity index (χ3n) is 4.29. The molecule has 4 atom stereocenters. The first-order chi connectivity index (χ1) is 7.34. The summed E-state index contributed by atoms with van der Waals surface area (Å²) in [5.74, 6) is 0. The molecule has 0 aromatic carbocycles. The summed E-state index contributed by atoms with van der Waals surface area (Å²) in [6.07, 6.45) is 2.73. The molecule has 0 bridgehead atoms. The van der Waals surface area contributed by atoms with Crippen molar-refractivity contribution in [2.24, 2.45) is 0 Å². The number of epoxide rings is 1. The zero-order valence-corrected chi connectivity index (χ0v) is 11.8. The Labute approximate surface area is 99.1 Å². The standard InChI is InChI=1S/C12H24O3Si/c1-12(16(2,3)4)11(15-12)8-10-9(13)6-5-7-14-10/h9-11,13H,5-8H2,1-4H3/t9-,10+,11-,12+/m1/s1. The summed E-state index contributed by atoms with van der Waals surface area (Å²) in [7, 11) is -1.28. The number of ether oxygens (including phenoxy) is 2. The molecule has 2 fully saturated rings. The largest absolute Gasteiger partial charge is 0.390 e. The zero-order valence-electron chi connectivity index (χ0n) is 10.8. The highest BCUT2D eigenvalue weighted by atomic mass is 28.3. The first kappa shape index (κ1) is 12.6. The van der Waals surface area contributed by atoms with Gasteiger partial charge in [-0.05, 0) is 19.8 Å². The molecule has 2 aliphatic heterocycles. The zero-order chi connectivity index (χ0) is 12.0. The van der Waals surface area contributed by atoms with Crippen LogP contribution in [0, 0.1) is 0 Å². The number of aliphatic hydroxyl groups is 1. The van der Waals surface area contributed by atoms with Gasteiger partial charge in [0.2, 0.25) is 0 Å². The molecule has 0 saturated carbocycles. The molecule has 2 saturated heterocycles. The van der Waals surface area contributed by atoms with Crippen molar-refractivity contribution >= 4 is 8.07 Å². The van der Waals surface area contributed by atoms with Gasteiger partial charge in [0, 0.05) is 13.0 Å². The topological polar surface area (TPSA) is 42.0 Å². The minimum Gasteiger partial charge on any atom is -0.390 e. The highest BCUT2D eigenvalue weighted by molar-refractivity contribution is 6.79. The third-order valence-corrected chi connectivity index (χ3v) is 7.70. The van der Waals surface area contributed by atoms with Crippen molar-refractivity contribution < 1.29 is 14.6 Å². The molecule has 0 radical (unpaired) electrons. The van der Waals surface area contributed by atoms with Gasteiger partial charge in [-0.15, -0.1) is 0 Å². The smallest absolute Gasteiger partial charge is 0.0861 e. The van der Waals surface area contributed by atoms with Crippen molar-refractivity contribution in [2.45, 2.75) is 69.4 Å². The number of hydrogen-bond acceptors (Lipinski definition) is 3. The van der Waals surface area contributed by atoms with Crippen LogP contribution in [0.15, 0.2) is 0 Å². The molecule has 2 heterocycles. The fourth-order valence-corrected chi connectivity index (χ4v) is 4.03. The average molecular weight is 244 g/mol. The Morgan fingerprint density at radius 3 is 2.56 bits per heavy atom. The minimum absolute atomic E-state index is 0.00285. The maximum atomic E-state index is 9.85. The van der Waals surface area contributed by atoms with Crippen LogP contribution in [0.4, 0.5) is 0 Å². The van der Waals surface area contributed by atoms with Gasteiger partial charge in [0.15, 0.2) is 0 Å². The predicted molar refractivity (Wildman–Crippen MR) is 66.2 cm³/mol. The van der Waals surface area contributed by atoms with E-state index in [0.29, 0.717) is 6.10 Å². The maximum Gasteiger partial charge on any atom is 0.0861 e. The van der Waals surface area contributed by atoms with E-state index in [9.17, 15) is 5.11 Å². The fraction of sp³-hybridized carbons (Fsp3) is 1.00. The van der Waals surface area contributed by atoms with Gasteiger partial charge >= 0.3 is 0 Å². The van der Waals surface area contributed by atoms with Gasteiger partial charge in [0.1, 0.15) is 0 Å². The third kappa shape index (κ3) is 2.21. The Morgan fingerprint density at radius 2 is 2.06 bits per heavy atom. The fourth-order valence-electron chi connectivity index (χ4n) is 2.45. The van der Waals surface area contributed by atoms with Crippen molar-refractivity contribution in [3.05, 3.63) is 0 Å². The predicted octanol–water partition coefficient (Wildman–Crippen LogP) is 1.95. The van der Waals surface area contributed by atoms with Crippen molar-refractivity contribution in [2.75, 3.05) is 6.61 Å². The molecule has 3 nitrogen and oxygen atoms in total. The summed E-state index contributed by atoms with van der Waals surface area (Å²) in [5.41, 5.74) is 0. The first-order valence-electron chi connectivity index (χ1n) is 6.32. The van der Waals surface area contributed by atoms with Crippen LogP contribution < -0.4 is 0 Å². The lowest BCUT2D eigenvalue weighted by atomic mass is 10.0. The molecular formula is C12H24O3Si. The molecule has 94 valence electrons. The number of rotatable bonds is 3. The molecule has 16 heavy (non-hydrogen) atoms. The van der Waals surface area contributed by atoms with Gasteiger partial charge in [-0.1, -0.05) is 19.6 Å². The van der Waals surface area contributed by atoms with E-state index in [-0.39, 0.29) is 17.4 Å². The molecule has 4 heteroatoms. The maximum absolute atomic E-state index is 9.85. The van der Waals surface area contributed by atoms with E-state index in [0.717, 1.165) is 25.9 Å². The second-order valence-corrected chi connectivity index (χ2v) is 11.8. The van der Waals surface area contributed by atoms with Gasteiger partial charge in [0.05, 0.1) is 31.6 Å². The van der Waals surface area contributed by atoms with Crippen LogP contribution in [0.3, 0.4) is 0 Å². The number of aliphatic hydroxyl groups excluding tert-OH is 1. The van der Waals surface area contributed by atoms with Gasteiger partial charge < -0.3 is 14.6 Å². The van der Waals surface area contributed by atoms with Gasteiger partial charge in [-0.3, -0.25) is 0 Å². The molecule has 2 aliphatic rings. The molecule has 0 aromatic rings. The van der Waals surface area contributed by atoms with Crippen molar-refractivity contribution in [3.63, 3.8) is 0 Å². The molecule has 0 amide bonds. The van der Waals surface area contributed by atoms with Gasteiger partial charge in [-0.25, -0.2) is 0 Å². The molecule has 0 aromatic heterocycles.